The molecule has 1 aliphatic heterocycles. The van der Waals surface area contributed by atoms with Crippen LogP contribution in [-0.4, -0.2) is 36.0 Å². The number of rotatable bonds is 4. The van der Waals surface area contributed by atoms with Gasteiger partial charge in [0.15, 0.2) is 0 Å². The van der Waals surface area contributed by atoms with Gasteiger partial charge in [0.2, 0.25) is 0 Å². The Morgan fingerprint density at radius 1 is 1.38 bits per heavy atom. The van der Waals surface area contributed by atoms with E-state index in [4.69, 9.17) is 11.6 Å². The molecule has 5 nitrogen and oxygen atoms in total. The Morgan fingerprint density at radius 3 is 2.52 bits per heavy atom. The molecule has 21 heavy (non-hydrogen) atoms. The molecule has 1 heterocycles. The first-order valence-corrected chi connectivity index (χ1v) is 6.52. The summed E-state index contributed by atoms with van der Waals surface area (Å²) >= 11 is 5.97. The normalized spacial score (nSPS) is 16.2. The molecule has 0 radical (unpaired) electrons. The fraction of sp³-hybridized carbons (Fsp3) is 0.385. The third-order valence-corrected chi connectivity index (χ3v) is 3.51. The molecule has 1 fully saturated rings. The Morgan fingerprint density at radius 2 is 2.00 bits per heavy atom. The van der Waals surface area contributed by atoms with Crippen molar-refractivity contribution in [1.29, 1.82) is 0 Å². The summed E-state index contributed by atoms with van der Waals surface area (Å²) in [6.45, 7) is 7.23. The van der Waals surface area contributed by atoms with Crippen molar-refractivity contribution in [3.05, 3.63) is 51.6 Å². The maximum Gasteiger partial charge on any atom is 0.274 e. The van der Waals surface area contributed by atoms with Gasteiger partial charge in [0.25, 0.3) is 5.69 Å². The van der Waals surface area contributed by atoms with Gasteiger partial charge in [-0.25, -0.2) is 0 Å². The monoisotopic (exact) mass is 353 g/mol. The summed E-state index contributed by atoms with van der Waals surface area (Å²) in [5.41, 5.74) is 0.697. The van der Waals surface area contributed by atoms with Crippen molar-refractivity contribution >= 4 is 42.1 Å². The number of benzene rings is 1. The Bertz CT molecular complexity index is 494. The minimum absolute atomic E-state index is 0. The number of piperazine rings is 1. The number of nitro benzene ring substituents is 1. The standard InChI is InChI=1S/C13H16ClN3O2.2ClH/c1-2-12(16-7-5-15-6-8-16)11-9-10(14)3-4-13(11)17(18)19;;/h2-4,9,12,15H,1,5-8H2;2*1H/t12-;;/m1../s1. The van der Waals surface area contributed by atoms with E-state index in [0.29, 0.717) is 10.6 Å². The minimum atomic E-state index is -0.371. The van der Waals surface area contributed by atoms with Crippen LogP contribution in [0.4, 0.5) is 5.69 Å². The Hall–Kier alpha value is -0.850. The van der Waals surface area contributed by atoms with Crippen molar-refractivity contribution < 1.29 is 4.92 Å². The third-order valence-electron chi connectivity index (χ3n) is 3.27. The quantitative estimate of drug-likeness (QED) is 0.512. The lowest BCUT2D eigenvalue weighted by molar-refractivity contribution is -0.385. The lowest BCUT2D eigenvalue weighted by Gasteiger charge is -2.33. The van der Waals surface area contributed by atoms with Crippen molar-refractivity contribution in [3.8, 4) is 0 Å². The molecule has 1 N–H and O–H groups in total. The number of nitrogens with one attached hydrogen (secondary N) is 1. The molecule has 118 valence electrons. The van der Waals surface area contributed by atoms with E-state index in [1.807, 2.05) is 0 Å². The second-order valence-electron chi connectivity index (χ2n) is 4.43. The first-order valence-electron chi connectivity index (χ1n) is 6.14. The highest BCUT2D eigenvalue weighted by atomic mass is 35.5. The number of nitrogens with zero attached hydrogens (tertiary/aromatic N) is 2. The van der Waals surface area contributed by atoms with Gasteiger partial charge in [0.1, 0.15) is 0 Å². The van der Waals surface area contributed by atoms with E-state index in [1.54, 1.807) is 18.2 Å². The SMILES string of the molecule is C=C[C@H](c1cc(Cl)ccc1[N+](=O)[O-])N1CCNCC1.Cl.Cl. The molecule has 1 aliphatic rings. The predicted octanol–water partition coefficient (Wildman–Crippen LogP) is 3.22. The summed E-state index contributed by atoms with van der Waals surface area (Å²) < 4.78 is 0. The lowest BCUT2D eigenvalue weighted by atomic mass is 10.0. The molecule has 1 aromatic rings. The zero-order valence-electron chi connectivity index (χ0n) is 11.3. The highest BCUT2D eigenvalue weighted by molar-refractivity contribution is 6.30. The van der Waals surface area contributed by atoms with Gasteiger partial charge in [-0.3, -0.25) is 15.0 Å². The van der Waals surface area contributed by atoms with Gasteiger partial charge in [0.05, 0.1) is 16.5 Å². The van der Waals surface area contributed by atoms with Gasteiger partial charge in [-0.05, 0) is 12.1 Å². The van der Waals surface area contributed by atoms with Gasteiger partial charge in [-0.15, -0.1) is 31.4 Å². The minimum Gasteiger partial charge on any atom is -0.314 e. The van der Waals surface area contributed by atoms with Gasteiger partial charge in [-0.2, -0.15) is 0 Å². The highest BCUT2D eigenvalue weighted by Crippen LogP contribution is 2.32. The van der Waals surface area contributed by atoms with Gasteiger partial charge >= 0.3 is 0 Å². The highest BCUT2D eigenvalue weighted by Gasteiger charge is 2.26. The van der Waals surface area contributed by atoms with Gasteiger partial charge in [0, 0.05) is 37.3 Å². The molecule has 0 spiro atoms. The molecule has 2 rings (SSSR count). The van der Waals surface area contributed by atoms with E-state index in [0.717, 1.165) is 26.2 Å². The summed E-state index contributed by atoms with van der Waals surface area (Å²) in [5, 5.41) is 14.9. The molecular weight excluding hydrogens is 337 g/mol. The maximum absolute atomic E-state index is 11.1. The molecule has 0 aliphatic carbocycles. The van der Waals surface area contributed by atoms with Crippen LogP contribution in [0.3, 0.4) is 0 Å². The molecule has 8 heteroatoms. The summed E-state index contributed by atoms with van der Waals surface area (Å²) in [4.78, 5) is 12.9. The summed E-state index contributed by atoms with van der Waals surface area (Å²) in [5.74, 6) is 0. The van der Waals surface area contributed by atoms with Crippen LogP contribution in [0.5, 0.6) is 0 Å². The van der Waals surface area contributed by atoms with E-state index < -0.39 is 0 Å². The molecule has 0 bridgehead atoms. The van der Waals surface area contributed by atoms with E-state index >= 15 is 0 Å². The van der Waals surface area contributed by atoms with E-state index in [2.05, 4.69) is 16.8 Å². The van der Waals surface area contributed by atoms with E-state index in [1.165, 1.54) is 6.07 Å². The molecule has 0 aromatic heterocycles. The van der Waals surface area contributed by atoms with Crippen LogP contribution in [0.1, 0.15) is 11.6 Å². The number of nitro groups is 1. The molecule has 0 unspecified atom stereocenters. The van der Waals surface area contributed by atoms with Crippen LogP contribution in [0.15, 0.2) is 30.9 Å². The predicted molar refractivity (Wildman–Crippen MR) is 90.0 cm³/mol. The van der Waals surface area contributed by atoms with Crippen molar-refractivity contribution in [1.82, 2.24) is 10.2 Å². The zero-order valence-corrected chi connectivity index (χ0v) is 13.7. The van der Waals surface area contributed by atoms with Crippen LogP contribution in [0, 0.1) is 10.1 Å². The number of hydrogen-bond acceptors (Lipinski definition) is 4. The van der Waals surface area contributed by atoms with Crippen LogP contribution >= 0.6 is 36.4 Å². The molecule has 1 atom stereocenters. The van der Waals surface area contributed by atoms with Crippen molar-refractivity contribution in [2.45, 2.75) is 6.04 Å². The third kappa shape index (κ3) is 4.83. The Balaban J connectivity index is 0.00000200. The van der Waals surface area contributed by atoms with Crippen molar-refractivity contribution in [3.63, 3.8) is 0 Å². The molecular formula is C13H18Cl3N3O2. The van der Waals surface area contributed by atoms with E-state index in [-0.39, 0.29) is 41.5 Å². The topological polar surface area (TPSA) is 58.4 Å². The maximum atomic E-state index is 11.1. The number of hydrogen-bond donors (Lipinski definition) is 1. The Labute approximate surface area is 141 Å². The van der Waals surface area contributed by atoms with Crippen LogP contribution in [0.25, 0.3) is 0 Å². The second kappa shape index (κ2) is 9.23. The molecule has 0 amide bonds. The average molecular weight is 355 g/mol. The van der Waals surface area contributed by atoms with Crippen molar-refractivity contribution in [2.75, 3.05) is 26.2 Å². The zero-order chi connectivity index (χ0) is 13.8. The van der Waals surface area contributed by atoms with E-state index in [9.17, 15) is 10.1 Å². The molecule has 1 saturated heterocycles. The molecule has 0 saturated carbocycles. The number of halogens is 3. The Kier molecular flexibility index (Phi) is 8.85. The second-order valence-corrected chi connectivity index (χ2v) is 4.86. The largest absolute Gasteiger partial charge is 0.314 e. The van der Waals surface area contributed by atoms with Crippen LogP contribution < -0.4 is 5.32 Å². The fourth-order valence-corrected chi connectivity index (χ4v) is 2.54. The summed E-state index contributed by atoms with van der Waals surface area (Å²) in [6.07, 6.45) is 1.74. The summed E-state index contributed by atoms with van der Waals surface area (Å²) in [6, 6.07) is 4.48. The fourth-order valence-electron chi connectivity index (χ4n) is 2.36. The first kappa shape index (κ1) is 20.1. The average Bonchev–Trinajstić information content (AvgIpc) is 2.40. The summed E-state index contributed by atoms with van der Waals surface area (Å²) in [7, 11) is 0. The van der Waals surface area contributed by atoms with Crippen molar-refractivity contribution in [2.24, 2.45) is 0 Å². The van der Waals surface area contributed by atoms with Crippen LogP contribution in [-0.2, 0) is 0 Å². The lowest BCUT2D eigenvalue weighted by Crippen LogP contribution is -2.44. The smallest absolute Gasteiger partial charge is 0.274 e. The van der Waals surface area contributed by atoms with Crippen LogP contribution in [0.2, 0.25) is 5.02 Å². The first-order chi connectivity index (χ1) is 9.13. The molecule has 1 aromatic carbocycles. The van der Waals surface area contributed by atoms with Gasteiger partial charge in [-0.1, -0.05) is 17.7 Å². The van der Waals surface area contributed by atoms with Gasteiger partial charge < -0.3 is 5.32 Å².